The third-order valence-electron chi connectivity index (χ3n) is 5.45. The molecular formula is C20H25N3O4. The zero-order valence-electron chi connectivity index (χ0n) is 15.8. The first-order chi connectivity index (χ1) is 13.2. The van der Waals surface area contributed by atoms with Gasteiger partial charge in [-0.1, -0.05) is 19.0 Å². The van der Waals surface area contributed by atoms with Crippen LogP contribution in [0.15, 0.2) is 28.8 Å². The first-order valence-corrected chi connectivity index (χ1v) is 9.54. The summed E-state index contributed by atoms with van der Waals surface area (Å²) in [6.07, 6.45) is 1.61. The Kier molecular flexibility index (Phi) is 4.78. The Labute approximate surface area is 158 Å². The van der Waals surface area contributed by atoms with Crippen LogP contribution in [0.5, 0.6) is 11.5 Å². The highest BCUT2D eigenvalue weighted by atomic mass is 16.7. The zero-order valence-corrected chi connectivity index (χ0v) is 15.8. The van der Waals surface area contributed by atoms with Gasteiger partial charge in [0.1, 0.15) is 0 Å². The van der Waals surface area contributed by atoms with Crippen molar-refractivity contribution in [3.63, 3.8) is 0 Å². The summed E-state index contributed by atoms with van der Waals surface area (Å²) < 4.78 is 16.3. The number of fused-ring (bicyclic) bond motifs is 1. The van der Waals surface area contributed by atoms with E-state index in [-0.39, 0.29) is 12.7 Å². The molecule has 1 saturated carbocycles. The van der Waals surface area contributed by atoms with E-state index in [0.29, 0.717) is 23.7 Å². The second kappa shape index (κ2) is 7.23. The Morgan fingerprint density at radius 2 is 1.96 bits per heavy atom. The highest BCUT2D eigenvalue weighted by Crippen LogP contribution is 2.48. The van der Waals surface area contributed by atoms with E-state index in [2.05, 4.69) is 29.2 Å². The number of nitrogens with zero attached hydrogens (tertiary/aromatic N) is 2. The number of carbonyl (C=O) groups excluding carboxylic acids is 1. The lowest BCUT2D eigenvalue weighted by Crippen LogP contribution is -2.40. The van der Waals surface area contributed by atoms with Gasteiger partial charge in [-0.2, -0.15) is 0 Å². The molecule has 4 rings (SSSR count). The van der Waals surface area contributed by atoms with E-state index in [1.54, 1.807) is 0 Å². The van der Waals surface area contributed by atoms with Crippen molar-refractivity contribution >= 4 is 5.91 Å². The Morgan fingerprint density at radius 3 is 2.70 bits per heavy atom. The van der Waals surface area contributed by atoms with Crippen LogP contribution in [0.3, 0.4) is 0 Å². The second-order valence-electron chi connectivity index (χ2n) is 7.01. The predicted octanol–water partition coefficient (Wildman–Crippen LogP) is 2.56. The van der Waals surface area contributed by atoms with Crippen molar-refractivity contribution in [2.45, 2.75) is 32.1 Å². The molecule has 0 radical (unpaired) electrons. The van der Waals surface area contributed by atoms with Gasteiger partial charge in [0.2, 0.25) is 12.7 Å². The maximum atomic E-state index is 12.7. The molecule has 2 aliphatic rings. The molecular weight excluding hydrogens is 346 g/mol. The molecule has 27 heavy (non-hydrogen) atoms. The smallest absolute Gasteiger partial charge is 0.232 e. The van der Waals surface area contributed by atoms with Crippen molar-refractivity contribution in [3.05, 3.63) is 30.0 Å². The molecule has 0 unspecified atom stereocenters. The SMILES string of the molecule is CCN(CC)CCNC(=O)C1(c2cc(-c3ccc4c(c3)OCO4)on2)CC1. The van der Waals surface area contributed by atoms with Gasteiger partial charge in [0.25, 0.3) is 0 Å². The van der Waals surface area contributed by atoms with Crippen molar-refractivity contribution in [2.24, 2.45) is 0 Å². The Bertz CT molecular complexity index is 824. The average Bonchev–Trinajstić information content (AvgIpc) is 3.14. The maximum absolute atomic E-state index is 12.7. The minimum atomic E-state index is -0.540. The lowest BCUT2D eigenvalue weighted by atomic mass is 10.0. The molecule has 1 aliphatic heterocycles. The minimum Gasteiger partial charge on any atom is -0.454 e. The predicted molar refractivity (Wildman–Crippen MR) is 99.8 cm³/mol. The monoisotopic (exact) mass is 371 g/mol. The van der Waals surface area contributed by atoms with Crippen LogP contribution in [0, 0.1) is 0 Å². The molecule has 1 N–H and O–H groups in total. The van der Waals surface area contributed by atoms with E-state index >= 15 is 0 Å². The van der Waals surface area contributed by atoms with Gasteiger partial charge in [0.15, 0.2) is 17.3 Å². The Morgan fingerprint density at radius 1 is 1.19 bits per heavy atom. The summed E-state index contributed by atoms with van der Waals surface area (Å²) in [5, 5.41) is 7.27. The summed E-state index contributed by atoms with van der Waals surface area (Å²) in [6, 6.07) is 7.50. The highest BCUT2D eigenvalue weighted by Gasteiger charge is 2.53. The summed E-state index contributed by atoms with van der Waals surface area (Å²) in [7, 11) is 0. The summed E-state index contributed by atoms with van der Waals surface area (Å²) in [6.45, 7) is 7.96. The lowest BCUT2D eigenvalue weighted by Gasteiger charge is -2.19. The summed E-state index contributed by atoms with van der Waals surface area (Å²) >= 11 is 0. The van der Waals surface area contributed by atoms with Gasteiger partial charge >= 0.3 is 0 Å². The first kappa shape index (κ1) is 17.9. The standard InChI is InChI=1S/C20H25N3O4/c1-3-23(4-2)10-9-21-19(24)20(7-8-20)18-12-16(27-22-18)14-5-6-15-17(11-14)26-13-25-15/h5-6,11-12H,3-4,7-10,13H2,1-2H3,(H,21,24). The molecule has 0 bridgehead atoms. The molecule has 7 heteroatoms. The van der Waals surface area contributed by atoms with E-state index in [1.807, 2.05) is 24.3 Å². The van der Waals surface area contributed by atoms with Gasteiger partial charge in [-0.15, -0.1) is 0 Å². The van der Waals surface area contributed by atoms with Gasteiger partial charge in [0.05, 0.1) is 11.1 Å². The number of nitrogens with one attached hydrogen (secondary N) is 1. The number of ether oxygens (including phenoxy) is 2. The lowest BCUT2D eigenvalue weighted by molar-refractivity contribution is -0.123. The topological polar surface area (TPSA) is 76.8 Å². The number of rotatable bonds is 8. The van der Waals surface area contributed by atoms with Gasteiger partial charge in [0, 0.05) is 24.7 Å². The molecule has 2 heterocycles. The van der Waals surface area contributed by atoms with Crippen LogP contribution in [-0.4, -0.2) is 48.9 Å². The fourth-order valence-corrected chi connectivity index (χ4v) is 3.45. The number of hydrogen-bond donors (Lipinski definition) is 1. The third-order valence-corrected chi connectivity index (χ3v) is 5.45. The van der Waals surface area contributed by atoms with Crippen molar-refractivity contribution in [1.29, 1.82) is 0 Å². The van der Waals surface area contributed by atoms with Crippen LogP contribution in [0.2, 0.25) is 0 Å². The Hall–Kier alpha value is -2.54. The van der Waals surface area contributed by atoms with Crippen molar-refractivity contribution in [3.8, 4) is 22.8 Å². The average molecular weight is 371 g/mol. The number of benzene rings is 1. The van der Waals surface area contributed by atoms with Crippen LogP contribution in [0.1, 0.15) is 32.4 Å². The summed E-state index contributed by atoms with van der Waals surface area (Å²) in [5.41, 5.74) is 1.02. The van der Waals surface area contributed by atoms with Gasteiger partial charge < -0.3 is 24.2 Å². The summed E-state index contributed by atoms with van der Waals surface area (Å²) in [5.74, 6) is 2.09. The van der Waals surface area contributed by atoms with Crippen molar-refractivity contribution in [2.75, 3.05) is 33.0 Å². The molecule has 7 nitrogen and oxygen atoms in total. The number of hydrogen-bond acceptors (Lipinski definition) is 6. The fraction of sp³-hybridized carbons (Fsp3) is 0.500. The molecule has 144 valence electrons. The van der Waals surface area contributed by atoms with Crippen LogP contribution in [-0.2, 0) is 10.2 Å². The molecule has 1 aromatic carbocycles. The molecule has 0 saturated heterocycles. The van der Waals surface area contributed by atoms with Gasteiger partial charge in [-0.3, -0.25) is 4.79 Å². The maximum Gasteiger partial charge on any atom is 0.232 e. The molecule has 1 aliphatic carbocycles. The zero-order chi connectivity index (χ0) is 18.9. The highest BCUT2D eigenvalue weighted by molar-refractivity contribution is 5.91. The van der Waals surface area contributed by atoms with E-state index in [1.165, 1.54) is 0 Å². The largest absolute Gasteiger partial charge is 0.454 e. The van der Waals surface area contributed by atoms with E-state index in [9.17, 15) is 4.79 Å². The van der Waals surface area contributed by atoms with Crippen molar-refractivity contribution < 1.29 is 18.8 Å². The summed E-state index contributed by atoms with van der Waals surface area (Å²) in [4.78, 5) is 15.0. The molecule has 1 amide bonds. The molecule has 2 aromatic rings. The van der Waals surface area contributed by atoms with Gasteiger partial charge in [-0.05, 0) is 44.1 Å². The van der Waals surface area contributed by atoms with Gasteiger partial charge in [-0.25, -0.2) is 0 Å². The van der Waals surface area contributed by atoms with Crippen LogP contribution >= 0.6 is 0 Å². The van der Waals surface area contributed by atoms with Crippen LogP contribution < -0.4 is 14.8 Å². The Balaban J connectivity index is 1.44. The molecule has 1 aromatic heterocycles. The number of carbonyl (C=O) groups is 1. The quantitative estimate of drug-likeness (QED) is 0.769. The number of amides is 1. The van der Waals surface area contributed by atoms with E-state index < -0.39 is 5.41 Å². The fourth-order valence-electron chi connectivity index (χ4n) is 3.45. The molecule has 0 atom stereocenters. The van der Waals surface area contributed by atoms with E-state index in [0.717, 1.165) is 43.8 Å². The van der Waals surface area contributed by atoms with Crippen molar-refractivity contribution in [1.82, 2.24) is 15.4 Å². The molecule has 1 fully saturated rings. The minimum absolute atomic E-state index is 0.0418. The normalized spacial score (nSPS) is 16.6. The van der Waals surface area contributed by atoms with E-state index in [4.69, 9.17) is 14.0 Å². The second-order valence-corrected chi connectivity index (χ2v) is 7.01. The number of aromatic nitrogens is 1. The third kappa shape index (κ3) is 3.39. The van der Waals surface area contributed by atoms with Crippen LogP contribution in [0.4, 0.5) is 0 Å². The van der Waals surface area contributed by atoms with Crippen LogP contribution in [0.25, 0.3) is 11.3 Å². The number of likely N-dealkylation sites (N-methyl/N-ethyl adjacent to an activating group) is 1. The molecule has 0 spiro atoms. The first-order valence-electron chi connectivity index (χ1n) is 9.54.